The lowest BCUT2D eigenvalue weighted by atomic mass is 9.78. The highest BCUT2D eigenvalue weighted by Crippen LogP contribution is 2.39. The summed E-state index contributed by atoms with van der Waals surface area (Å²) in [4.78, 5) is 0. The van der Waals surface area contributed by atoms with Gasteiger partial charge in [-0.05, 0) is 34.4 Å². The maximum Gasteiger partial charge on any atom is 0.124 e. The van der Waals surface area contributed by atoms with E-state index in [0.717, 1.165) is 11.1 Å². The molecule has 114 valence electrons. The van der Waals surface area contributed by atoms with Crippen LogP contribution < -0.4 is 5.73 Å². The third-order valence-electron chi connectivity index (χ3n) is 3.63. The Morgan fingerprint density at radius 1 is 1.10 bits per heavy atom. The fourth-order valence-electron chi connectivity index (χ4n) is 2.22. The predicted octanol–water partition coefficient (Wildman–Crippen LogP) is 4.35. The van der Waals surface area contributed by atoms with Gasteiger partial charge in [-0.2, -0.15) is 0 Å². The van der Waals surface area contributed by atoms with Crippen LogP contribution in [0.5, 0.6) is 5.75 Å². The van der Waals surface area contributed by atoms with Gasteiger partial charge < -0.3 is 10.8 Å². The Labute approximate surface area is 122 Å². The summed E-state index contributed by atoms with van der Waals surface area (Å²) in [5.41, 5.74) is 8.44. The second kappa shape index (κ2) is 5.72. The first-order valence-corrected chi connectivity index (χ1v) is 7.18. The van der Waals surface area contributed by atoms with E-state index >= 15 is 0 Å². The molecule has 0 spiro atoms. The van der Waals surface area contributed by atoms with Gasteiger partial charge in [0.1, 0.15) is 5.75 Å². The quantitative estimate of drug-likeness (QED) is 0.865. The van der Waals surface area contributed by atoms with Crippen molar-refractivity contribution < 1.29 is 9.50 Å². The number of hydrogen-bond donors (Lipinski definition) is 2. The van der Waals surface area contributed by atoms with Crippen LogP contribution in [0.2, 0.25) is 0 Å². The normalized spacial score (nSPS) is 14.4. The highest BCUT2D eigenvalue weighted by Gasteiger charge is 2.26. The zero-order valence-corrected chi connectivity index (χ0v) is 13.5. The van der Waals surface area contributed by atoms with Gasteiger partial charge in [0.2, 0.25) is 0 Å². The van der Waals surface area contributed by atoms with Gasteiger partial charge in [-0.3, -0.25) is 4.39 Å². The third-order valence-corrected chi connectivity index (χ3v) is 3.63. The van der Waals surface area contributed by atoms with E-state index in [1.54, 1.807) is 0 Å². The molecule has 2 nitrogen and oxygen atoms in total. The number of rotatable bonds is 3. The average molecular weight is 281 g/mol. The highest BCUT2D eigenvalue weighted by molar-refractivity contribution is 5.49. The monoisotopic (exact) mass is 281 g/mol. The molecule has 3 N–H and O–H groups in total. The molecule has 1 atom stereocenters. The topological polar surface area (TPSA) is 46.2 Å². The minimum absolute atomic E-state index is 0.0438. The Morgan fingerprint density at radius 2 is 1.65 bits per heavy atom. The van der Waals surface area contributed by atoms with Crippen LogP contribution in [-0.2, 0) is 10.8 Å². The summed E-state index contributed by atoms with van der Waals surface area (Å²) in [6.07, 6.45) is 0.227. The van der Waals surface area contributed by atoms with Gasteiger partial charge in [0.25, 0.3) is 0 Å². The number of phenolic OH excluding ortho intramolecular Hbond substituents is 1. The molecule has 0 unspecified atom stereocenters. The molecule has 0 heterocycles. The van der Waals surface area contributed by atoms with E-state index in [1.807, 2.05) is 12.1 Å². The number of alkyl halides is 1. The second-order valence-corrected chi connectivity index (χ2v) is 7.55. The van der Waals surface area contributed by atoms with Gasteiger partial charge in [-0.1, -0.05) is 47.6 Å². The van der Waals surface area contributed by atoms with Crippen LogP contribution >= 0.6 is 0 Å². The summed E-state index contributed by atoms with van der Waals surface area (Å²) < 4.78 is 12.6. The number of benzene rings is 1. The molecule has 3 heteroatoms. The molecular weight excluding hydrogens is 253 g/mol. The van der Waals surface area contributed by atoms with Gasteiger partial charge in [-0.25, -0.2) is 0 Å². The van der Waals surface area contributed by atoms with Crippen LogP contribution in [0.15, 0.2) is 12.1 Å². The number of halogens is 1. The van der Waals surface area contributed by atoms with E-state index in [1.165, 1.54) is 0 Å². The molecule has 0 saturated heterocycles. The first-order valence-electron chi connectivity index (χ1n) is 7.18. The van der Waals surface area contributed by atoms with Crippen molar-refractivity contribution in [2.75, 3.05) is 6.67 Å². The standard InChI is InChI=1S/C17H28FNO/c1-16(2,3)11-9-12(14(19)7-8-18)15(20)13(10-11)17(4,5)6/h9-10,14,20H,7-8,19H2,1-6H3/t14-/m0/s1. The van der Waals surface area contributed by atoms with Gasteiger partial charge in [0.05, 0.1) is 6.67 Å². The maximum atomic E-state index is 12.6. The average Bonchev–Trinajstić information content (AvgIpc) is 2.26. The Bertz CT molecular complexity index is 469. The van der Waals surface area contributed by atoms with Gasteiger partial charge in [0, 0.05) is 11.6 Å². The van der Waals surface area contributed by atoms with Crippen molar-refractivity contribution in [2.24, 2.45) is 5.73 Å². The highest BCUT2D eigenvalue weighted by atomic mass is 19.1. The zero-order valence-electron chi connectivity index (χ0n) is 13.5. The molecule has 0 bridgehead atoms. The van der Waals surface area contributed by atoms with Crippen molar-refractivity contribution in [3.8, 4) is 5.75 Å². The van der Waals surface area contributed by atoms with Crippen molar-refractivity contribution in [3.05, 3.63) is 28.8 Å². The van der Waals surface area contributed by atoms with E-state index in [-0.39, 0.29) is 23.0 Å². The Morgan fingerprint density at radius 3 is 2.05 bits per heavy atom. The van der Waals surface area contributed by atoms with Gasteiger partial charge in [-0.15, -0.1) is 0 Å². The molecule has 0 aliphatic rings. The fourth-order valence-corrected chi connectivity index (χ4v) is 2.22. The van der Waals surface area contributed by atoms with Gasteiger partial charge in [0.15, 0.2) is 0 Å². The fraction of sp³-hybridized carbons (Fsp3) is 0.647. The van der Waals surface area contributed by atoms with Crippen LogP contribution in [-0.4, -0.2) is 11.8 Å². The molecule has 0 amide bonds. The van der Waals surface area contributed by atoms with E-state index in [0.29, 0.717) is 5.56 Å². The van der Waals surface area contributed by atoms with Crippen molar-refractivity contribution >= 4 is 0 Å². The Kier molecular flexibility index (Phi) is 4.86. The number of hydrogen-bond acceptors (Lipinski definition) is 2. The van der Waals surface area contributed by atoms with Crippen LogP contribution in [0.4, 0.5) is 4.39 Å². The molecule has 0 fully saturated rings. The largest absolute Gasteiger partial charge is 0.507 e. The Hall–Kier alpha value is -1.09. The van der Waals surface area contributed by atoms with Crippen molar-refractivity contribution in [1.82, 2.24) is 0 Å². The van der Waals surface area contributed by atoms with Crippen molar-refractivity contribution in [2.45, 2.75) is 64.8 Å². The lowest BCUT2D eigenvalue weighted by molar-refractivity contribution is 0.412. The first kappa shape index (κ1) is 17.0. The van der Waals surface area contributed by atoms with E-state index in [4.69, 9.17) is 5.73 Å². The molecule has 0 aromatic heterocycles. The summed E-state index contributed by atoms with van der Waals surface area (Å²) in [7, 11) is 0. The van der Waals surface area contributed by atoms with Crippen LogP contribution in [0.25, 0.3) is 0 Å². The van der Waals surface area contributed by atoms with Crippen molar-refractivity contribution in [3.63, 3.8) is 0 Å². The molecule has 1 aromatic carbocycles. The molecule has 1 rings (SSSR count). The minimum Gasteiger partial charge on any atom is -0.507 e. The summed E-state index contributed by atoms with van der Waals surface area (Å²) in [5, 5.41) is 10.5. The number of aromatic hydroxyl groups is 1. The smallest absolute Gasteiger partial charge is 0.124 e. The van der Waals surface area contributed by atoms with Crippen LogP contribution in [0, 0.1) is 0 Å². The summed E-state index contributed by atoms with van der Waals surface area (Å²) >= 11 is 0. The summed E-state index contributed by atoms with van der Waals surface area (Å²) in [6.45, 7) is 12.0. The van der Waals surface area contributed by atoms with E-state index in [2.05, 4.69) is 41.5 Å². The molecule has 0 radical (unpaired) electrons. The molecule has 0 aliphatic carbocycles. The minimum atomic E-state index is -0.481. The second-order valence-electron chi connectivity index (χ2n) is 7.55. The maximum absolute atomic E-state index is 12.6. The molecule has 1 aromatic rings. The zero-order chi connectivity index (χ0) is 15.7. The Balaban J connectivity index is 3.51. The van der Waals surface area contributed by atoms with Gasteiger partial charge >= 0.3 is 0 Å². The molecular formula is C17H28FNO. The third kappa shape index (κ3) is 3.72. The molecule has 0 saturated carbocycles. The summed E-state index contributed by atoms with van der Waals surface area (Å²) in [5.74, 6) is 0.214. The lowest BCUT2D eigenvalue weighted by Crippen LogP contribution is -2.20. The van der Waals surface area contributed by atoms with Crippen molar-refractivity contribution in [1.29, 1.82) is 0 Å². The van der Waals surface area contributed by atoms with E-state index in [9.17, 15) is 9.50 Å². The predicted molar refractivity (Wildman–Crippen MR) is 83.0 cm³/mol. The SMILES string of the molecule is CC(C)(C)c1cc([C@@H](N)CCF)c(O)c(C(C)(C)C)c1. The number of nitrogens with two attached hydrogens (primary N) is 1. The molecule has 0 aliphatic heterocycles. The van der Waals surface area contributed by atoms with Crippen LogP contribution in [0.3, 0.4) is 0 Å². The van der Waals surface area contributed by atoms with E-state index < -0.39 is 12.7 Å². The molecule has 20 heavy (non-hydrogen) atoms. The number of phenols is 1. The summed E-state index contributed by atoms with van der Waals surface area (Å²) in [6, 6.07) is 3.50. The van der Waals surface area contributed by atoms with Crippen LogP contribution in [0.1, 0.15) is 70.7 Å². The first-order chi connectivity index (χ1) is 8.98. The lowest BCUT2D eigenvalue weighted by Gasteiger charge is -2.28.